The molecule has 0 aliphatic rings. The molecule has 0 atom stereocenters. The molecule has 4 heteroatoms. The molecular weight excluding hydrogens is 222 g/mol. The van der Waals surface area contributed by atoms with Crippen LogP contribution in [0, 0.1) is 0 Å². The van der Waals surface area contributed by atoms with E-state index >= 15 is 0 Å². The van der Waals surface area contributed by atoms with Crippen LogP contribution in [0.4, 0.5) is 5.69 Å². The monoisotopic (exact) mass is 233 g/mol. The number of hydrogen-bond donors (Lipinski definition) is 1. The van der Waals surface area contributed by atoms with Crippen LogP contribution in [-0.4, -0.2) is 16.5 Å². The minimum atomic E-state index is 0.506. The van der Waals surface area contributed by atoms with Crippen molar-refractivity contribution in [3.63, 3.8) is 0 Å². The molecule has 82 valence electrons. The summed E-state index contributed by atoms with van der Waals surface area (Å²) in [6, 6.07) is 7.72. The van der Waals surface area contributed by atoms with Gasteiger partial charge in [-0.1, -0.05) is 17.7 Å². The van der Waals surface area contributed by atoms with E-state index in [-0.39, 0.29) is 0 Å². The van der Waals surface area contributed by atoms with E-state index in [2.05, 4.69) is 21.4 Å². The van der Waals surface area contributed by atoms with Gasteiger partial charge < -0.3 is 5.32 Å². The summed E-state index contributed by atoms with van der Waals surface area (Å²) in [4.78, 5) is 7.99. The van der Waals surface area contributed by atoms with Crippen LogP contribution in [0.5, 0.6) is 0 Å². The lowest BCUT2D eigenvalue weighted by Gasteiger charge is -2.05. The highest BCUT2D eigenvalue weighted by molar-refractivity contribution is 6.29. The number of nitrogens with zero attached hydrogens (tertiary/aromatic N) is 2. The summed E-state index contributed by atoms with van der Waals surface area (Å²) in [5.74, 6) is 0. The molecule has 0 amide bonds. The van der Waals surface area contributed by atoms with Crippen molar-refractivity contribution in [2.75, 3.05) is 11.9 Å². The van der Waals surface area contributed by atoms with Crippen molar-refractivity contribution in [2.45, 2.75) is 6.42 Å². The summed E-state index contributed by atoms with van der Waals surface area (Å²) in [5.41, 5.74) is 2.21. The van der Waals surface area contributed by atoms with Crippen molar-refractivity contribution in [2.24, 2.45) is 0 Å². The minimum Gasteiger partial charge on any atom is -0.385 e. The molecule has 16 heavy (non-hydrogen) atoms. The van der Waals surface area contributed by atoms with Crippen LogP contribution in [0.25, 0.3) is 0 Å². The SMILES string of the molecule is Clc1cc(NCCc2cccnc2)ccn1. The van der Waals surface area contributed by atoms with Crippen molar-refractivity contribution in [3.05, 3.63) is 53.6 Å². The highest BCUT2D eigenvalue weighted by Gasteiger charge is 1.95. The van der Waals surface area contributed by atoms with E-state index in [0.29, 0.717) is 5.15 Å². The van der Waals surface area contributed by atoms with Crippen molar-refractivity contribution in [1.82, 2.24) is 9.97 Å². The van der Waals surface area contributed by atoms with Gasteiger partial charge in [-0.25, -0.2) is 4.98 Å². The molecule has 0 fully saturated rings. The van der Waals surface area contributed by atoms with Crippen LogP contribution in [0.2, 0.25) is 5.15 Å². The first-order valence-corrected chi connectivity index (χ1v) is 5.47. The van der Waals surface area contributed by atoms with Gasteiger partial charge in [-0.15, -0.1) is 0 Å². The van der Waals surface area contributed by atoms with E-state index in [0.717, 1.165) is 18.7 Å². The maximum atomic E-state index is 5.78. The standard InChI is InChI=1S/C12H12ClN3/c13-12-8-11(4-7-16-12)15-6-3-10-2-1-5-14-9-10/h1-2,4-5,7-9H,3,6H2,(H,15,16). The third-order valence-electron chi connectivity index (χ3n) is 2.19. The van der Waals surface area contributed by atoms with Crippen LogP contribution in [0.1, 0.15) is 5.56 Å². The molecular formula is C12H12ClN3. The topological polar surface area (TPSA) is 37.8 Å². The molecule has 2 aromatic heterocycles. The first-order valence-electron chi connectivity index (χ1n) is 5.09. The first-order chi connectivity index (χ1) is 7.84. The number of aromatic nitrogens is 2. The van der Waals surface area contributed by atoms with Gasteiger partial charge >= 0.3 is 0 Å². The summed E-state index contributed by atoms with van der Waals surface area (Å²) < 4.78 is 0. The lowest BCUT2D eigenvalue weighted by atomic mass is 10.2. The average molecular weight is 234 g/mol. The van der Waals surface area contributed by atoms with E-state index in [4.69, 9.17) is 11.6 Å². The number of hydrogen-bond acceptors (Lipinski definition) is 3. The average Bonchev–Trinajstić information content (AvgIpc) is 2.30. The maximum Gasteiger partial charge on any atom is 0.131 e. The van der Waals surface area contributed by atoms with Crippen LogP contribution in [0.3, 0.4) is 0 Å². The molecule has 0 saturated heterocycles. The lowest BCUT2D eigenvalue weighted by Crippen LogP contribution is -2.04. The van der Waals surface area contributed by atoms with E-state index in [9.17, 15) is 0 Å². The highest BCUT2D eigenvalue weighted by atomic mass is 35.5. The summed E-state index contributed by atoms with van der Waals surface area (Å²) in [5, 5.41) is 3.79. The third kappa shape index (κ3) is 3.21. The van der Waals surface area contributed by atoms with E-state index in [1.807, 2.05) is 24.4 Å². The van der Waals surface area contributed by atoms with Gasteiger partial charge in [0.25, 0.3) is 0 Å². The number of halogens is 1. The summed E-state index contributed by atoms with van der Waals surface area (Å²) in [6.07, 6.45) is 6.28. The lowest BCUT2D eigenvalue weighted by molar-refractivity contribution is 1.00. The Kier molecular flexibility index (Phi) is 3.72. The Balaban J connectivity index is 1.85. The Bertz CT molecular complexity index is 445. The van der Waals surface area contributed by atoms with Gasteiger partial charge in [0.1, 0.15) is 5.15 Å². The maximum absolute atomic E-state index is 5.78. The molecule has 2 rings (SSSR count). The van der Waals surface area contributed by atoms with E-state index in [1.54, 1.807) is 12.4 Å². The molecule has 0 unspecified atom stereocenters. The van der Waals surface area contributed by atoms with Crippen molar-refractivity contribution >= 4 is 17.3 Å². The normalized spacial score (nSPS) is 10.1. The zero-order chi connectivity index (χ0) is 11.2. The zero-order valence-corrected chi connectivity index (χ0v) is 9.48. The number of nitrogens with one attached hydrogen (secondary N) is 1. The number of pyridine rings is 2. The smallest absolute Gasteiger partial charge is 0.131 e. The molecule has 2 heterocycles. The zero-order valence-electron chi connectivity index (χ0n) is 8.73. The highest BCUT2D eigenvalue weighted by Crippen LogP contribution is 2.11. The fourth-order valence-corrected chi connectivity index (χ4v) is 1.58. The molecule has 0 radical (unpaired) electrons. The number of rotatable bonds is 4. The van der Waals surface area contributed by atoms with Gasteiger partial charge in [-0.2, -0.15) is 0 Å². The van der Waals surface area contributed by atoms with Crippen LogP contribution in [-0.2, 0) is 6.42 Å². The Hall–Kier alpha value is -1.61. The molecule has 0 aliphatic heterocycles. The minimum absolute atomic E-state index is 0.506. The van der Waals surface area contributed by atoms with Crippen LogP contribution in [0.15, 0.2) is 42.9 Å². The predicted molar refractivity (Wildman–Crippen MR) is 65.7 cm³/mol. The second-order valence-electron chi connectivity index (χ2n) is 3.41. The van der Waals surface area contributed by atoms with Gasteiger partial charge in [0, 0.05) is 30.8 Å². The molecule has 2 aromatic rings. The van der Waals surface area contributed by atoms with E-state index in [1.165, 1.54) is 5.56 Å². The Labute approximate surface area is 99.5 Å². The largest absolute Gasteiger partial charge is 0.385 e. The second kappa shape index (κ2) is 5.47. The van der Waals surface area contributed by atoms with Gasteiger partial charge in [-0.3, -0.25) is 4.98 Å². The van der Waals surface area contributed by atoms with Gasteiger partial charge in [0.15, 0.2) is 0 Å². The molecule has 1 N–H and O–H groups in total. The predicted octanol–water partition coefficient (Wildman–Crippen LogP) is 2.78. The fraction of sp³-hybridized carbons (Fsp3) is 0.167. The Morgan fingerprint density at radius 1 is 1.25 bits per heavy atom. The Morgan fingerprint density at radius 2 is 2.19 bits per heavy atom. The summed E-state index contributed by atoms with van der Waals surface area (Å²) in [7, 11) is 0. The number of anilines is 1. The van der Waals surface area contributed by atoms with Crippen LogP contribution < -0.4 is 5.32 Å². The fourth-order valence-electron chi connectivity index (χ4n) is 1.41. The van der Waals surface area contributed by atoms with Crippen molar-refractivity contribution in [1.29, 1.82) is 0 Å². The summed E-state index contributed by atoms with van der Waals surface area (Å²) in [6.45, 7) is 0.853. The molecule has 0 spiro atoms. The quantitative estimate of drug-likeness (QED) is 0.826. The first kappa shape index (κ1) is 10.9. The van der Waals surface area contributed by atoms with Crippen molar-refractivity contribution < 1.29 is 0 Å². The third-order valence-corrected chi connectivity index (χ3v) is 2.40. The molecule has 0 saturated carbocycles. The van der Waals surface area contributed by atoms with Gasteiger partial charge in [-0.05, 0) is 30.2 Å². The van der Waals surface area contributed by atoms with Gasteiger partial charge in [0.2, 0.25) is 0 Å². The molecule has 3 nitrogen and oxygen atoms in total. The van der Waals surface area contributed by atoms with Gasteiger partial charge in [0.05, 0.1) is 0 Å². The molecule has 0 aliphatic carbocycles. The summed E-state index contributed by atoms with van der Waals surface area (Å²) >= 11 is 5.78. The molecule has 0 aromatic carbocycles. The Morgan fingerprint density at radius 3 is 2.94 bits per heavy atom. The second-order valence-corrected chi connectivity index (χ2v) is 3.79. The molecule has 0 bridgehead atoms. The van der Waals surface area contributed by atoms with Crippen LogP contribution >= 0.6 is 11.6 Å². The van der Waals surface area contributed by atoms with Crippen molar-refractivity contribution in [3.8, 4) is 0 Å². The van der Waals surface area contributed by atoms with E-state index < -0.39 is 0 Å².